The van der Waals surface area contributed by atoms with Crippen LogP contribution in [0.2, 0.25) is 0 Å². The molecule has 0 saturated heterocycles. The molecular formula is C33H37N7O11. The van der Waals surface area contributed by atoms with Crippen LogP contribution in [0.5, 0.6) is 5.75 Å². The van der Waals surface area contributed by atoms with Crippen molar-refractivity contribution >= 4 is 47.4 Å². The average molecular weight is 708 g/mol. The van der Waals surface area contributed by atoms with Crippen molar-refractivity contribution in [3.63, 3.8) is 0 Å². The van der Waals surface area contributed by atoms with E-state index in [1.165, 1.54) is 30.3 Å². The summed E-state index contributed by atoms with van der Waals surface area (Å²) in [7, 11) is 0. The topological polar surface area (TPSA) is 262 Å². The van der Waals surface area contributed by atoms with Crippen molar-refractivity contribution in [2.24, 2.45) is 11.7 Å². The lowest BCUT2D eigenvalue weighted by atomic mass is 10.0. The van der Waals surface area contributed by atoms with Gasteiger partial charge in [0.05, 0.1) is 18.0 Å². The van der Waals surface area contributed by atoms with Gasteiger partial charge in [-0.15, -0.1) is 12.8 Å². The molecule has 270 valence electrons. The number of terminal acetylenes is 2. The molecule has 0 saturated carbocycles. The first-order valence-corrected chi connectivity index (χ1v) is 15.2. The van der Waals surface area contributed by atoms with Crippen molar-refractivity contribution in [3.05, 3.63) is 63.7 Å². The maximum Gasteiger partial charge on any atom is 0.514 e. The number of hydrogen-bond acceptors (Lipinski definition) is 10. The maximum atomic E-state index is 13.6. The fourth-order valence-electron chi connectivity index (χ4n) is 4.41. The summed E-state index contributed by atoms with van der Waals surface area (Å²) in [5.41, 5.74) is 5.02. The Morgan fingerprint density at radius 3 is 2.20 bits per heavy atom. The van der Waals surface area contributed by atoms with E-state index in [1.54, 1.807) is 13.8 Å². The third kappa shape index (κ3) is 13.3. The van der Waals surface area contributed by atoms with Gasteiger partial charge in [0.15, 0.2) is 0 Å². The summed E-state index contributed by atoms with van der Waals surface area (Å²) in [5.74, 6) is 1.93. The van der Waals surface area contributed by atoms with E-state index in [1.807, 2.05) is 0 Å². The quantitative estimate of drug-likeness (QED) is 0.0347. The number of anilines is 1. The number of urea groups is 1. The lowest BCUT2D eigenvalue weighted by molar-refractivity contribution is -0.384. The van der Waals surface area contributed by atoms with Crippen LogP contribution < -0.4 is 31.7 Å². The van der Waals surface area contributed by atoms with Gasteiger partial charge in [0.2, 0.25) is 11.8 Å². The summed E-state index contributed by atoms with van der Waals surface area (Å²) in [4.78, 5) is 86.3. The molecule has 6 amide bonds. The number of nitro benzene ring substituents is 1. The molecule has 0 aliphatic rings. The first-order chi connectivity index (χ1) is 24.2. The first-order valence-electron chi connectivity index (χ1n) is 15.2. The van der Waals surface area contributed by atoms with Crippen LogP contribution in [0.1, 0.15) is 42.6 Å². The normalized spacial score (nSPS) is 11.4. The number of hydrogen-bond donors (Lipinski definition) is 6. The number of nitrogens with two attached hydrogens (primary N) is 1. The zero-order valence-electron chi connectivity index (χ0n) is 27.7. The minimum absolute atomic E-state index is 0.0115. The highest BCUT2D eigenvalue weighted by Crippen LogP contribution is 2.22. The zero-order chi connectivity index (χ0) is 38.1. The van der Waals surface area contributed by atoms with Crippen LogP contribution in [-0.2, 0) is 20.9 Å². The molecule has 2 rings (SSSR count). The van der Waals surface area contributed by atoms with Crippen LogP contribution >= 0.6 is 0 Å². The number of carbonyl (C=O) groups is 6. The number of nitrogens with one attached hydrogen (secondary N) is 4. The Morgan fingerprint density at radius 2 is 1.65 bits per heavy atom. The van der Waals surface area contributed by atoms with Crippen molar-refractivity contribution in [1.29, 1.82) is 0 Å². The lowest BCUT2D eigenvalue weighted by Crippen LogP contribution is -2.54. The molecule has 2 aromatic rings. The minimum atomic E-state index is -1.44. The summed E-state index contributed by atoms with van der Waals surface area (Å²) in [6, 6.07) is 5.45. The Morgan fingerprint density at radius 1 is 1.00 bits per heavy atom. The Kier molecular flexibility index (Phi) is 15.7. The van der Waals surface area contributed by atoms with Gasteiger partial charge in [-0.05, 0) is 43.0 Å². The van der Waals surface area contributed by atoms with E-state index in [4.69, 9.17) is 28.1 Å². The number of carbonyl (C=O) groups excluding carboxylic acids is 5. The molecule has 0 unspecified atom stereocenters. The van der Waals surface area contributed by atoms with Gasteiger partial charge < -0.3 is 46.5 Å². The molecule has 0 aliphatic heterocycles. The second kappa shape index (κ2) is 19.9. The van der Waals surface area contributed by atoms with Crippen molar-refractivity contribution in [1.82, 2.24) is 20.9 Å². The van der Waals surface area contributed by atoms with Gasteiger partial charge in [0.1, 0.15) is 24.4 Å². The van der Waals surface area contributed by atoms with Crippen LogP contribution in [0.15, 0.2) is 42.5 Å². The molecule has 18 heteroatoms. The third-order valence-electron chi connectivity index (χ3n) is 6.88. The van der Waals surface area contributed by atoms with Gasteiger partial charge in [-0.25, -0.2) is 14.4 Å². The predicted octanol–water partition coefficient (Wildman–Crippen LogP) is 2.18. The summed E-state index contributed by atoms with van der Waals surface area (Å²) < 4.78 is 10.2. The Bertz CT molecular complexity index is 1680. The number of nitrogens with zero attached hydrogens (tertiary/aromatic N) is 2. The molecule has 0 spiro atoms. The summed E-state index contributed by atoms with van der Waals surface area (Å²) in [5, 5.41) is 29.7. The molecule has 0 bridgehead atoms. The van der Waals surface area contributed by atoms with E-state index >= 15 is 0 Å². The molecule has 0 fully saturated rings. The van der Waals surface area contributed by atoms with Crippen LogP contribution in [0.3, 0.4) is 0 Å². The van der Waals surface area contributed by atoms with Gasteiger partial charge in [-0.2, -0.15) is 0 Å². The number of rotatable bonds is 17. The van der Waals surface area contributed by atoms with E-state index in [0.29, 0.717) is 0 Å². The van der Waals surface area contributed by atoms with Gasteiger partial charge in [0, 0.05) is 35.5 Å². The number of nitro groups is 1. The molecule has 7 N–H and O–H groups in total. The van der Waals surface area contributed by atoms with Gasteiger partial charge in [-0.1, -0.05) is 31.8 Å². The monoisotopic (exact) mass is 707 g/mol. The van der Waals surface area contributed by atoms with Gasteiger partial charge in [-0.3, -0.25) is 24.5 Å². The van der Waals surface area contributed by atoms with Crippen molar-refractivity contribution in [3.8, 4) is 30.4 Å². The van der Waals surface area contributed by atoms with E-state index in [9.17, 15) is 44.0 Å². The number of non-ortho nitro benzene ring substituents is 1. The fourth-order valence-corrected chi connectivity index (χ4v) is 4.41. The highest BCUT2D eigenvalue weighted by atomic mass is 16.7. The van der Waals surface area contributed by atoms with Crippen molar-refractivity contribution in [2.45, 2.75) is 45.4 Å². The first kappa shape index (κ1) is 40.4. The Labute approximate surface area is 292 Å². The third-order valence-corrected chi connectivity index (χ3v) is 6.88. The second-order valence-corrected chi connectivity index (χ2v) is 11.0. The highest BCUT2D eigenvalue weighted by molar-refractivity contribution is 6.01. The Balaban J connectivity index is 2.36. The minimum Gasteiger partial charge on any atom is -0.465 e. The molecule has 0 aliphatic carbocycles. The van der Waals surface area contributed by atoms with Crippen LogP contribution in [0.4, 0.5) is 25.8 Å². The zero-order valence-corrected chi connectivity index (χ0v) is 27.7. The lowest BCUT2D eigenvalue weighted by Gasteiger charge is -2.25. The number of ether oxygens (including phenoxy) is 2. The molecular weight excluding hydrogens is 670 g/mol. The largest absolute Gasteiger partial charge is 0.514 e. The van der Waals surface area contributed by atoms with Crippen LogP contribution in [0.25, 0.3) is 0 Å². The summed E-state index contributed by atoms with van der Waals surface area (Å²) in [6.45, 7) is 2.41. The Hall–Kier alpha value is -6.82. The second-order valence-electron chi connectivity index (χ2n) is 11.0. The fraction of sp³-hybridized carbons (Fsp3) is 0.333. The molecule has 0 aromatic heterocycles. The predicted molar refractivity (Wildman–Crippen MR) is 181 cm³/mol. The van der Waals surface area contributed by atoms with Crippen molar-refractivity contribution in [2.75, 3.05) is 25.0 Å². The standard InChI is InChI=1S/C33H37N7O11/c1-5-16-39(17-6-2)30(43)25-18-22(10-9-21(25)19-50-33(47)51-24-13-11-23(12-14-24)40(48)49)36-28(41)26(8-7-15-35-31(34)44)37-29(42)27(20(3)4)38-32(45)46/h1-2,9-14,18,20,26-27,38H,7-8,15-17,19H2,3-4H3,(H,36,41)(H,37,42)(H,45,46)(H3,34,35,44)/t26-,27-/m0/s1. The van der Waals surface area contributed by atoms with E-state index in [0.717, 1.165) is 17.0 Å². The van der Waals surface area contributed by atoms with Crippen LogP contribution in [0, 0.1) is 40.7 Å². The summed E-state index contributed by atoms with van der Waals surface area (Å²) in [6.07, 6.45) is 8.38. The smallest absolute Gasteiger partial charge is 0.465 e. The highest BCUT2D eigenvalue weighted by Gasteiger charge is 2.29. The van der Waals surface area contributed by atoms with Crippen LogP contribution in [-0.4, -0.2) is 82.6 Å². The molecule has 51 heavy (non-hydrogen) atoms. The van der Waals surface area contributed by atoms with Gasteiger partial charge in [0.25, 0.3) is 11.6 Å². The summed E-state index contributed by atoms with van der Waals surface area (Å²) >= 11 is 0. The van der Waals surface area contributed by atoms with Crippen molar-refractivity contribution < 1.29 is 48.3 Å². The number of amides is 6. The number of benzene rings is 2. The van der Waals surface area contributed by atoms with E-state index < -0.39 is 65.5 Å². The average Bonchev–Trinajstić information content (AvgIpc) is 3.07. The van der Waals surface area contributed by atoms with E-state index in [-0.39, 0.29) is 60.7 Å². The number of primary amides is 1. The molecule has 18 nitrogen and oxygen atoms in total. The molecule has 0 radical (unpaired) electrons. The maximum absolute atomic E-state index is 13.6. The SMILES string of the molecule is C#CCN(CC#C)C(=O)c1cc(NC(=O)[C@H](CCCNC(N)=O)NC(=O)[C@@H](NC(=O)O)C(C)C)ccc1COC(=O)Oc1ccc([N+](=O)[O-])cc1. The van der Waals surface area contributed by atoms with Gasteiger partial charge >= 0.3 is 18.3 Å². The molecule has 0 heterocycles. The molecule has 2 atom stereocenters. The number of carboxylic acid groups (broad SMARTS) is 1. The molecule has 2 aromatic carbocycles. The van der Waals surface area contributed by atoms with E-state index in [2.05, 4.69) is 33.1 Å².